The molecule has 4 heteroatoms. The lowest BCUT2D eigenvalue weighted by Crippen LogP contribution is -2.39. The molecule has 0 saturated carbocycles. The molecule has 2 N–H and O–H groups in total. The second-order valence-electron chi connectivity index (χ2n) is 4.14. The topological polar surface area (TPSA) is 52.6 Å². The predicted octanol–water partition coefficient (Wildman–Crippen LogP) is 0.359. The van der Waals surface area contributed by atoms with Crippen LogP contribution in [0.4, 0.5) is 0 Å². The Morgan fingerprint density at radius 1 is 1.47 bits per heavy atom. The zero-order valence-corrected chi connectivity index (χ0v) is 9.54. The van der Waals surface area contributed by atoms with Gasteiger partial charge in [0.15, 0.2) is 0 Å². The molecule has 1 heterocycles. The Balaban J connectivity index is 2.37. The van der Waals surface area contributed by atoms with E-state index in [1.54, 1.807) is 7.05 Å². The lowest BCUT2D eigenvalue weighted by molar-refractivity contribution is -0.121. The van der Waals surface area contributed by atoms with Crippen molar-refractivity contribution < 1.29 is 9.90 Å². The molecule has 0 aromatic heterocycles. The molecule has 1 saturated heterocycles. The van der Waals surface area contributed by atoms with E-state index in [0.29, 0.717) is 6.42 Å². The van der Waals surface area contributed by atoms with Gasteiger partial charge >= 0.3 is 0 Å². The van der Waals surface area contributed by atoms with Crippen molar-refractivity contribution in [2.45, 2.75) is 38.1 Å². The molecule has 88 valence electrons. The van der Waals surface area contributed by atoms with E-state index in [1.807, 2.05) is 0 Å². The number of hydrogen-bond acceptors (Lipinski definition) is 3. The first kappa shape index (κ1) is 12.5. The lowest BCUT2D eigenvalue weighted by Gasteiger charge is -2.27. The van der Waals surface area contributed by atoms with Gasteiger partial charge in [0, 0.05) is 26.1 Å². The Labute approximate surface area is 91.6 Å². The van der Waals surface area contributed by atoms with E-state index in [-0.39, 0.29) is 18.6 Å². The zero-order valence-electron chi connectivity index (χ0n) is 9.54. The van der Waals surface area contributed by atoms with Gasteiger partial charge in [-0.05, 0) is 19.4 Å². The summed E-state index contributed by atoms with van der Waals surface area (Å²) in [5.41, 5.74) is 0. The minimum absolute atomic E-state index is 0.0796. The van der Waals surface area contributed by atoms with Gasteiger partial charge in [-0.3, -0.25) is 9.69 Å². The van der Waals surface area contributed by atoms with Crippen LogP contribution in [-0.2, 0) is 4.79 Å². The van der Waals surface area contributed by atoms with E-state index in [1.165, 1.54) is 19.3 Å². The van der Waals surface area contributed by atoms with Crippen molar-refractivity contribution in [3.63, 3.8) is 0 Å². The number of amides is 1. The van der Waals surface area contributed by atoms with Crippen molar-refractivity contribution >= 4 is 5.91 Å². The molecule has 0 aromatic rings. The number of hydrogen-bond donors (Lipinski definition) is 2. The number of aliphatic hydroxyl groups is 1. The van der Waals surface area contributed by atoms with Crippen LogP contribution in [0.15, 0.2) is 0 Å². The summed E-state index contributed by atoms with van der Waals surface area (Å²) in [7, 11) is 1.66. The monoisotopic (exact) mass is 214 g/mol. The zero-order chi connectivity index (χ0) is 11.1. The van der Waals surface area contributed by atoms with E-state index >= 15 is 0 Å². The number of carbonyl (C=O) groups is 1. The van der Waals surface area contributed by atoms with Crippen LogP contribution in [-0.4, -0.2) is 48.7 Å². The number of nitrogens with zero attached hydrogens (tertiary/aromatic N) is 1. The normalized spacial score (nSPS) is 23.5. The fourth-order valence-corrected chi connectivity index (χ4v) is 2.11. The summed E-state index contributed by atoms with van der Waals surface area (Å²) in [6.07, 6.45) is 5.22. The molecule has 0 spiro atoms. The molecule has 1 aliphatic rings. The third-order valence-corrected chi connectivity index (χ3v) is 3.11. The second kappa shape index (κ2) is 6.80. The van der Waals surface area contributed by atoms with E-state index in [4.69, 9.17) is 0 Å². The van der Waals surface area contributed by atoms with Gasteiger partial charge in [-0.25, -0.2) is 0 Å². The Kier molecular flexibility index (Phi) is 5.65. The molecular formula is C11H22N2O2. The van der Waals surface area contributed by atoms with Gasteiger partial charge in [0.1, 0.15) is 0 Å². The average Bonchev–Trinajstić information content (AvgIpc) is 2.50. The minimum atomic E-state index is 0.0796. The summed E-state index contributed by atoms with van der Waals surface area (Å²) >= 11 is 0. The quantitative estimate of drug-likeness (QED) is 0.710. The molecule has 0 aliphatic carbocycles. The Morgan fingerprint density at radius 3 is 2.93 bits per heavy atom. The highest BCUT2D eigenvalue weighted by Crippen LogP contribution is 2.16. The van der Waals surface area contributed by atoms with Crippen molar-refractivity contribution in [3.05, 3.63) is 0 Å². The second-order valence-corrected chi connectivity index (χ2v) is 4.14. The predicted molar refractivity (Wildman–Crippen MR) is 59.6 cm³/mol. The molecule has 4 nitrogen and oxygen atoms in total. The number of likely N-dealkylation sites (tertiary alicyclic amines) is 1. The van der Waals surface area contributed by atoms with Crippen molar-refractivity contribution in [2.75, 3.05) is 26.7 Å². The van der Waals surface area contributed by atoms with E-state index in [2.05, 4.69) is 10.2 Å². The van der Waals surface area contributed by atoms with Gasteiger partial charge < -0.3 is 10.4 Å². The number of aliphatic hydroxyl groups excluding tert-OH is 1. The third-order valence-electron chi connectivity index (χ3n) is 3.11. The van der Waals surface area contributed by atoms with Crippen LogP contribution in [0.3, 0.4) is 0 Å². The number of rotatable bonds is 4. The van der Waals surface area contributed by atoms with Crippen LogP contribution >= 0.6 is 0 Å². The van der Waals surface area contributed by atoms with Crippen LogP contribution in [0.2, 0.25) is 0 Å². The number of nitrogens with one attached hydrogen (secondary N) is 1. The summed E-state index contributed by atoms with van der Waals surface area (Å²) in [5.74, 6) is 0.0796. The lowest BCUT2D eigenvalue weighted by atomic mass is 10.1. The molecule has 1 rings (SSSR count). The van der Waals surface area contributed by atoms with Crippen LogP contribution in [0.5, 0.6) is 0 Å². The van der Waals surface area contributed by atoms with Gasteiger partial charge in [-0.2, -0.15) is 0 Å². The molecule has 0 radical (unpaired) electrons. The molecular weight excluding hydrogens is 192 g/mol. The minimum Gasteiger partial charge on any atom is -0.395 e. The van der Waals surface area contributed by atoms with Crippen LogP contribution < -0.4 is 5.32 Å². The SMILES string of the molecule is CNC(=O)CCN1CCCCCC1CO. The van der Waals surface area contributed by atoms with Gasteiger partial charge in [-0.15, -0.1) is 0 Å². The molecule has 0 bridgehead atoms. The van der Waals surface area contributed by atoms with E-state index in [0.717, 1.165) is 19.5 Å². The fraction of sp³-hybridized carbons (Fsp3) is 0.909. The Hall–Kier alpha value is -0.610. The first-order chi connectivity index (χ1) is 7.27. The smallest absolute Gasteiger partial charge is 0.221 e. The third kappa shape index (κ3) is 4.18. The van der Waals surface area contributed by atoms with Gasteiger partial charge in [0.05, 0.1) is 6.61 Å². The van der Waals surface area contributed by atoms with Gasteiger partial charge in [0.25, 0.3) is 0 Å². The summed E-state index contributed by atoms with van der Waals surface area (Å²) in [5, 5.41) is 11.9. The van der Waals surface area contributed by atoms with Crippen LogP contribution in [0.25, 0.3) is 0 Å². The van der Waals surface area contributed by atoms with Gasteiger partial charge in [0.2, 0.25) is 5.91 Å². The highest BCUT2D eigenvalue weighted by Gasteiger charge is 2.20. The number of carbonyl (C=O) groups excluding carboxylic acids is 1. The molecule has 0 aromatic carbocycles. The van der Waals surface area contributed by atoms with Crippen LogP contribution in [0, 0.1) is 0 Å². The summed E-state index contributed by atoms with van der Waals surface area (Å²) < 4.78 is 0. The maximum absolute atomic E-state index is 11.1. The molecule has 1 aliphatic heterocycles. The van der Waals surface area contributed by atoms with E-state index < -0.39 is 0 Å². The van der Waals surface area contributed by atoms with Crippen LogP contribution in [0.1, 0.15) is 32.1 Å². The average molecular weight is 214 g/mol. The van der Waals surface area contributed by atoms with Crippen molar-refractivity contribution in [1.29, 1.82) is 0 Å². The highest BCUT2D eigenvalue weighted by molar-refractivity contribution is 5.75. The Morgan fingerprint density at radius 2 is 2.27 bits per heavy atom. The van der Waals surface area contributed by atoms with Crippen molar-refractivity contribution in [2.24, 2.45) is 0 Å². The first-order valence-corrected chi connectivity index (χ1v) is 5.83. The maximum Gasteiger partial charge on any atom is 0.221 e. The van der Waals surface area contributed by atoms with E-state index in [9.17, 15) is 9.90 Å². The summed E-state index contributed by atoms with van der Waals surface area (Å²) in [6.45, 7) is 2.00. The first-order valence-electron chi connectivity index (χ1n) is 5.83. The Bertz CT molecular complexity index is 197. The molecule has 1 unspecified atom stereocenters. The maximum atomic E-state index is 11.1. The van der Waals surface area contributed by atoms with Crippen molar-refractivity contribution in [1.82, 2.24) is 10.2 Å². The van der Waals surface area contributed by atoms with Crippen molar-refractivity contribution in [3.8, 4) is 0 Å². The van der Waals surface area contributed by atoms with Gasteiger partial charge in [-0.1, -0.05) is 12.8 Å². The molecule has 1 fully saturated rings. The molecule has 1 amide bonds. The molecule has 15 heavy (non-hydrogen) atoms. The fourth-order valence-electron chi connectivity index (χ4n) is 2.11. The molecule has 1 atom stereocenters. The standard InChI is InChI=1S/C11H22N2O2/c1-12-11(15)6-8-13-7-4-2-3-5-10(13)9-14/h10,14H,2-9H2,1H3,(H,12,15). The summed E-state index contributed by atoms with van der Waals surface area (Å²) in [4.78, 5) is 13.4. The summed E-state index contributed by atoms with van der Waals surface area (Å²) in [6, 6.07) is 0.261. The highest BCUT2D eigenvalue weighted by atomic mass is 16.3. The largest absolute Gasteiger partial charge is 0.395 e.